The minimum Gasteiger partial charge on any atom is -0.273 e. The van der Waals surface area contributed by atoms with E-state index in [2.05, 4.69) is 25.1 Å². The van der Waals surface area contributed by atoms with Crippen molar-refractivity contribution < 1.29 is 4.79 Å². The summed E-state index contributed by atoms with van der Waals surface area (Å²) in [6.45, 7) is 2.14. The summed E-state index contributed by atoms with van der Waals surface area (Å²) in [6.07, 6.45) is 0.991. The van der Waals surface area contributed by atoms with Crippen LogP contribution in [0.25, 0.3) is 10.2 Å². The number of nitrogens with zero attached hydrogens (tertiary/aromatic N) is 2. The number of hydrogen-bond donors (Lipinski definition) is 0. The SMILES string of the molecule is CCc1ccc(N(C(=O)C2CSCCS2)c2nc3ccccc3s2)cc1. The van der Waals surface area contributed by atoms with Gasteiger partial charge in [0, 0.05) is 17.3 Å². The van der Waals surface area contributed by atoms with Gasteiger partial charge in [0.15, 0.2) is 5.13 Å². The third-order valence-electron chi connectivity index (χ3n) is 4.39. The zero-order valence-electron chi connectivity index (χ0n) is 14.6. The number of rotatable bonds is 4. The maximum Gasteiger partial charge on any atom is 0.247 e. The monoisotopic (exact) mass is 400 g/mol. The zero-order chi connectivity index (χ0) is 17.9. The van der Waals surface area contributed by atoms with Crippen LogP contribution in [0.5, 0.6) is 0 Å². The molecule has 0 bridgehead atoms. The number of aryl methyl sites for hydroxylation is 1. The van der Waals surface area contributed by atoms with E-state index in [-0.39, 0.29) is 11.2 Å². The lowest BCUT2D eigenvalue weighted by Crippen LogP contribution is -2.37. The molecule has 3 aromatic rings. The molecule has 1 unspecified atom stereocenters. The molecule has 1 saturated heterocycles. The summed E-state index contributed by atoms with van der Waals surface area (Å²) in [5.74, 6) is 3.17. The van der Waals surface area contributed by atoms with Crippen molar-refractivity contribution in [3.63, 3.8) is 0 Å². The summed E-state index contributed by atoms with van der Waals surface area (Å²) in [5.41, 5.74) is 3.12. The average Bonchev–Trinajstić information content (AvgIpc) is 3.13. The van der Waals surface area contributed by atoms with E-state index in [1.54, 1.807) is 23.1 Å². The van der Waals surface area contributed by atoms with Crippen LogP contribution in [0.15, 0.2) is 48.5 Å². The van der Waals surface area contributed by atoms with Gasteiger partial charge in [-0.2, -0.15) is 11.8 Å². The molecule has 0 aliphatic carbocycles. The highest BCUT2D eigenvalue weighted by Crippen LogP contribution is 2.36. The van der Waals surface area contributed by atoms with Crippen LogP contribution in [-0.4, -0.2) is 33.4 Å². The van der Waals surface area contributed by atoms with Crippen molar-refractivity contribution in [2.24, 2.45) is 0 Å². The van der Waals surface area contributed by atoms with E-state index in [1.165, 1.54) is 5.56 Å². The summed E-state index contributed by atoms with van der Waals surface area (Å²) in [7, 11) is 0. The third kappa shape index (κ3) is 3.63. The molecule has 0 N–H and O–H groups in total. The maximum absolute atomic E-state index is 13.4. The normalized spacial score (nSPS) is 17.3. The lowest BCUT2D eigenvalue weighted by atomic mass is 10.1. The first-order chi connectivity index (χ1) is 12.8. The first-order valence-corrected chi connectivity index (χ1v) is 11.8. The van der Waals surface area contributed by atoms with Crippen LogP contribution < -0.4 is 4.90 Å². The van der Waals surface area contributed by atoms with E-state index in [0.717, 1.165) is 44.7 Å². The van der Waals surface area contributed by atoms with Gasteiger partial charge in [-0.05, 0) is 36.2 Å². The van der Waals surface area contributed by atoms with E-state index in [1.807, 2.05) is 47.0 Å². The summed E-state index contributed by atoms with van der Waals surface area (Å²) < 4.78 is 1.11. The predicted molar refractivity (Wildman–Crippen MR) is 116 cm³/mol. The zero-order valence-corrected chi connectivity index (χ0v) is 17.0. The van der Waals surface area contributed by atoms with Crippen LogP contribution in [-0.2, 0) is 11.2 Å². The van der Waals surface area contributed by atoms with Crippen molar-refractivity contribution in [1.29, 1.82) is 0 Å². The van der Waals surface area contributed by atoms with Crippen LogP contribution in [0.1, 0.15) is 12.5 Å². The van der Waals surface area contributed by atoms with Crippen molar-refractivity contribution in [3.8, 4) is 0 Å². The molecule has 1 aromatic heterocycles. The Morgan fingerprint density at radius 3 is 2.65 bits per heavy atom. The van der Waals surface area contributed by atoms with E-state index in [4.69, 9.17) is 4.98 Å². The molecule has 6 heteroatoms. The molecule has 1 aliphatic heterocycles. The number of thioether (sulfide) groups is 2. The van der Waals surface area contributed by atoms with Crippen LogP contribution in [0.3, 0.4) is 0 Å². The van der Waals surface area contributed by atoms with Crippen molar-refractivity contribution in [2.45, 2.75) is 18.6 Å². The predicted octanol–water partition coefficient (Wildman–Crippen LogP) is 5.37. The quantitative estimate of drug-likeness (QED) is 0.589. The van der Waals surface area contributed by atoms with Gasteiger partial charge in [0.2, 0.25) is 5.91 Å². The van der Waals surface area contributed by atoms with Crippen molar-refractivity contribution in [3.05, 3.63) is 54.1 Å². The van der Waals surface area contributed by atoms with Crippen molar-refractivity contribution in [1.82, 2.24) is 4.98 Å². The fraction of sp³-hybridized carbons (Fsp3) is 0.300. The molecule has 134 valence electrons. The molecule has 1 atom stereocenters. The minimum absolute atomic E-state index is 0.00776. The lowest BCUT2D eigenvalue weighted by Gasteiger charge is -2.27. The first kappa shape index (κ1) is 17.9. The Morgan fingerprint density at radius 1 is 1.15 bits per heavy atom. The van der Waals surface area contributed by atoms with E-state index in [0.29, 0.717) is 0 Å². The molecule has 2 heterocycles. The Labute approximate surface area is 166 Å². The molecule has 1 amide bonds. The Bertz CT molecular complexity index is 868. The number of carbonyl (C=O) groups is 1. The number of fused-ring (bicyclic) bond motifs is 1. The number of benzene rings is 2. The van der Waals surface area contributed by atoms with Crippen LogP contribution in [0.4, 0.5) is 10.8 Å². The van der Waals surface area contributed by atoms with Crippen molar-refractivity contribution in [2.75, 3.05) is 22.2 Å². The van der Waals surface area contributed by atoms with Crippen LogP contribution in [0.2, 0.25) is 0 Å². The van der Waals surface area contributed by atoms with Gasteiger partial charge in [0.25, 0.3) is 0 Å². The summed E-state index contributed by atoms with van der Waals surface area (Å²) >= 11 is 5.21. The summed E-state index contributed by atoms with van der Waals surface area (Å²) in [5, 5.41) is 0.753. The minimum atomic E-state index is -0.00776. The van der Waals surface area contributed by atoms with E-state index >= 15 is 0 Å². The van der Waals surface area contributed by atoms with Gasteiger partial charge < -0.3 is 0 Å². The third-order valence-corrected chi connectivity index (χ3v) is 8.15. The fourth-order valence-corrected chi connectivity index (χ4v) is 6.52. The topological polar surface area (TPSA) is 33.2 Å². The largest absolute Gasteiger partial charge is 0.273 e. The van der Waals surface area contributed by atoms with Gasteiger partial charge in [0.05, 0.1) is 21.2 Å². The number of carbonyl (C=O) groups excluding carboxylic acids is 1. The first-order valence-electron chi connectivity index (χ1n) is 8.74. The molecule has 1 fully saturated rings. The Balaban J connectivity index is 1.75. The second-order valence-corrected chi connectivity index (χ2v) is 9.56. The van der Waals surface area contributed by atoms with Crippen LogP contribution >= 0.6 is 34.9 Å². The Kier molecular flexibility index (Phi) is 5.52. The lowest BCUT2D eigenvalue weighted by molar-refractivity contribution is -0.117. The fourth-order valence-electron chi connectivity index (χ4n) is 2.94. The maximum atomic E-state index is 13.4. The summed E-state index contributed by atoms with van der Waals surface area (Å²) in [6, 6.07) is 16.4. The molecule has 2 aromatic carbocycles. The van der Waals surface area contributed by atoms with Gasteiger partial charge >= 0.3 is 0 Å². The van der Waals surface area contributed by atoms with Crippen molar-refractivity contribution >= 4 is 61.8 Å². The van der Waals surface area contributed by atoms with E-state index < -0.39 is 0 Å². The van der Waals surface area contributed by atoms with E-state index in [9.17, 15) is 4.79 Å². The molecule has 0 saturated carbocycles. The van der Waals surface area contributed by atoms with Gasteiger partial charge in [-0.15, -0.1) is 11.8 Å². The number of amides is 1. The molecule has 26 heavy (non-hydrogen) atoms. The van der Waals surface area contributed by atoms with Gasteiger partial charge in [-0.3, -0.25) is 9.69 Å². The second-order valence-electron chi connectivity index (χ2n) is 6.09. The summed E-state index contributed by atoms with van der Waals surface area (Å²) in [4.78, 5) is 20.0. The molecular formula is C20H20N2OS3. The second kappa shape index (κ2) is 8.03. The molecule has 0 radical (unpaired) electrons. The number of thiazole rings is 1. The molecule has 1 aliphatic rings. The highest BCUT2D eigenvalue weighted by molar-refractivity contribution is 8.07. The van der Waals surface area contributed by atoms with Crippen LogP contribution in [0, 0.1) is 0 Å². The molecule has 4 rings (SSSR count). The standard InChI is InChI=1S/C20H20N2OS3/c1-2-14-7-9-15(10-8-14)22(19(23)18-13-24-11-12-25-18)20-21-16-5-3-4-6-17(16)26-20/h3-10,18H,2,11-13H2,1H3. The number of hydrogen-bond acceptors (Lipinski definition) is 5. The average molecular weight is 401 g/mol. The molecule has 0 spiro atoms. The molecular weight excluding hydrogens is 380 g/mol. The molecule has 3 nitrogen and oxygen atoms in total. The number of anilines is 2. The highest BCUT2D eigenvalue weighted by atomic mass is 32.2. The highest BCUT2D eigenvalue weighted by Gasteiger charge is 2.30. The Hall–Kier alpha value is -1.50. The number of aromatic nitrogens is 1. The van der Waals surface area contributed by atoms with Gasteiger partial charge in [-0.1, -0.05) is 42.5 Å². The smallest absolute Gasteiger partial charge is 0.247 e. The van der Waals surface area contributed by atoms with Gasteiger partial charge in [-0.25, -0.2) is 4.98 Å². The Morgan fingerprint density at radius 2 is 1.96 bits per heavy atom. The number of para-hydroxylation sites is 1. The van der Waals surface area contributed by atoms with Gasteiger partial charge in [0.1, 0.15) is 0 Å².